The molecule has 0 saturated heterocycles. The molecule has 0 fully saturated rings. The van der Waals surface area contributed by atoms with E-state index in [1.54, 1.807) is 105 Å². The number of hydrogen-bond acceptors (Lipinski definition) is 35. The van der Waals surface area contributed by atoms with Crippen molar-refractivity contribution in [1.29, 1.82) is 0 Å². The molecule has 0 amide bonds. The van der Waals surface area contributed by atoms with Crippen molar-refractivity contribution < 1.29 is 143 Å². The van der Waals surface area contributed by atoms with Gasteiger partial charge in [0.05, 0.1) is 98.0 Å². The van der Waals surface area contributed by atoms with Gasteiger partial charge in [0.15, 0.2) is 86.2 Å². The van der Waals surface area contributed by atoms with Crippen molar-refractivity contribution in [1.82, 2.24) is 0 Å². The molecule has 0 bridgehead atoms. The lowest BCUT2D eigenvalue weighted by Gasteiger charge is -2.21. The second kappa shape index (κ2) is 46.8. The van der Waals surface area contributed by atoms with E-state index in [4.69, 9.17) is 99.5 Å². The Balaban J connectivity index is 0.000000211. The van der Waals surface area contributed by atoms with Crippen LogP contribution in [0.1, 0.15) is 171 Å². The van der Waals surface area contributed by atoms with Crippen LogP contribution >= 0.6 is 0 Å². The highest BCUT2D eigenvalue weighted by Gasteiger charge is 2.43. The Labute approximate surface area is 786 Å². The molecule has 0 spiro atoms. The number of carbonyl (C=O) groups is 8. The van der Waals surface area contributed by atoms with E-state index in [0.717, 1.165) is 57.2 Å². The molecule has 726 valence electrons. The van der Waals surface area contributed by atoms with Crippen LogP contribution < -0.4 is 112 Å². The van der Waals surface area contributed by atoms with Gasteiger partial charge in [0, 0.05) is 73.4 Å². The van der Waals surface area contributed by atoms with E-state index >= 15 is 0 Å². The van der Waals surface area contributed by atoms with Gasteiger partial charge in [0.2, 0.25) is 50.1 Å². The van der Waals surface area contributed by atoms with E-state index in [9.17, 15) is 67.4 Å². The molecule has 2 atom stereocenters. The van der Waals surface area contributed by atoms with Crippen LogP contribution in [0.5, 0.6) is 109 Å². The summed E-state index contributed by atoms with van der Waals surface area (Å²) in [6, 6.07) is 25.3. The summed E-state index contributed by atoms with van der Waals surface area (Å²) in [6.07, 6.45) is 2.83. The van der Waals surface area contributed by atoms with Gasteiger partial charge in [0.25, 0.3) is 0 Å². The number of carbonyl (C=O) groups excluding carboxylic acids is 8. The van der Waals surface area contributed by atoms with E-state index in [0.29, 0.717) is 118 Å². The summed E-state index contributed by atoms with van der Waals surface area (Å²) in [5.74, 6) is -7.13. The Morgan fingerprint density at radius 1 is 0.343 bits per heavy atom. The Morgan fingerprint density at radius 3 is 1.23 bits per heavy atom. The van der Waals surface area contributed by atoms with E-state index in [1.165, 1.54) is 71.6 Å². The van der Waals surface area contributed by atoms with Crippen molar-refractivity contribution in [2.45, 2.75) is 176 Å². The predicted molar refractivity (Wildman–Crippen MR) is 505 cm³/mol. The lowest BCUT2D eigenvalue weighted by Crippen LogP contribution is -2.38. The van der Waals surface area contributed by atoms with Crippen molar-refractivity contribution in [3.63, 3.8) is 0 Å². The zero-order chi connectivity index (χ0) is 102. The monoisotopic (exact) mass is 1890 g/mol. The highest BCUT2D eigenvalue weighted by molar-refractivity contribution is 6.03. The van der Waals surface area contributed by atoms with Gasteiger partial charge in [-0.25, -0.2) is 4.79 Å². The third kappa shape index (κ3) is 25.1. The molecule has 35 heteroatoms. The number of fused-ring (bicyclic) bond motifs is 8. The molecule has 0 saturated carbocycles. The molecule has 0 aromatic heterocycles. The maximum absolute atomic E-state index is 13.7. The number of ether oxygens (including phenoxy) is 21. The van der Waals surface area contributed by atoms with Crippen LogP contribution in [0.2, 0.25) is 0 Å². The molecule has 1 N–H and O–H groups in total. The van der Waals surface area contributed by atoms with Crippen LogP contribution in [0.15, 0.2) is 158 Å². The number of aryl methyl sites for hydroxylation is 4. The first kappa shape index (κ1) is 107. The number of rotatable bonds is 28. The van der Waals surface area contributed by atoms with Crippen LogP contribution in [-0.2, 0) is 73.5 Å². The summed E-state index contributed by atoms with van der Waals surface area (Å²) in [7, 11) is 6.15. The van der Waals surface area contributed by atoms with Gasteiger partial charge < -0.3 is 105 Å². The summed E-state index contributed by atoms with van der Waals surface area (Å²) in [4.78, 5) is 160. The zero-order valence-corrected chi connectivity index (χ0v) is 80.3. The van der Waals surface area contributed by atoms with Gasteiger partial charge in [-0.15, -0.1) is 0 Å². The molecular weight excluding hydrogens is 1790 g/mol. The predicted octanol–water partition coefficient (Wildman–Crippen LogP) is 16.7. The average Bonchev–Trinajstić information content (AvgIpc) is 1.75. The lowest BCUT2D eigenvalue weighted by atomic mass is 10.0. The largest absolute Gasteiger partial charge is 0.504 e. The molecular formula is C102H108O35. The van der Waals surface area contributed by atoms with Crippen molar-refractivity contribution >= 4 is 102 Å². The van der Waals surface area contributed by atoms with Crippen LogP contribution in [0.4, 0.5) is 0 Å². The smallest absolute Gasteiger partial charge is 0.369 e. The zero-order valence-electron chi connectivity index (χ0n) is 80.3. The third-order valence-electron chi connectivity index (χ3n) is 19.5. The topological polar surface area (TPSA) is 436 Å². The minimum Gasteiger partial charge on any atom is -0.504 e. The molecule has 0 radical (unpaired) electrons. The maximum atomic E-state index is 13.7. The van der Waals surface area contributed by atoms with Crippen molar-refractivity contribution in [2.24, 2.45) is 0 Å². The summed E-state index contributed by atoms with van der Waals surface area (Å²) in [5, 5.41) is 13.0. The molecule has 10 aromatic rings. The fraction of sp³-hybridized carbons (Fsp3) is 0.324. The second-order valence-corrected chi connectivity index (χ2v) is 30.2. The standard InChI is InChI=1S/C24H26O8.C20H18O8.C20H20O7.C19H20O7.C19H24O5/c1-8-16-10-11-18-17(9-2)22(30-13(5)25)24(32-15(7)27)23(31-14(6)26)19(18)20(28)21(16)29-12(3)4;1-10(2)25-15-8-6-7-14-9-16(26-11(3)21)19(27-12(4)22)20(28-13(5)23)17(14)18(15)24;1-6-23-20(5)26-15-10-13-8-7-9-14(24-11(2)3)17(22)16(13)19(18(15)27-20)25-12(4)21;1-4-8-23-18(22)12-9-11-6-7-14-17(15(11)16(21)13(20)10-12)26-19(3,25-14)24-5-2;1-7-11-9-10-13-12(8-2)17(22-4)19(24-6)18(23-5)14(13)15(20)16(11)21-3/h10-11H,3,8-9H2,1-2,4-7H3;6-9H,1H2,2-5H3;7-10H,2,6H2,1,3-5H3;6-7,9-10H,4-5,8H2,1-3H3,(H,20,21);9-10H,7-8H2,1-6H3. The van der Waals surface area contributed by atoms with Gasteiger partial charge in [-0.1, -0.05) is 109 Å². The molecule has 2 aliphatic rings. The number of allylic oxidation sites excluding steroid dienone is 3. The van der Waals surface area contributed by atoms with Gasteiger partial charge >= 0.3 is 59.7 Å². The Kier molecular flexibility index (Phi) is 36.5. The molecule has 0 aliphatic carbocycles. The number of benzene rings is 5. The van der Waals surface area contributed by atoms with Crippen LogP contribution in [0.3, 0.4) is 0 Å². The minimum absolute atomic E-state index is 0.0134. The van der Waals surface area contributed by atoms with Gasteiger partial charge in [-0.3, -0.25) is 57.5 Å². The summed E-state index contributed by atoms with van der Waals surface area (Å²) in [5.41, 5.74) is 0.286. The van der Waals surface area contributed by atoms with Crippen LogP contribution in [0, 0.1) is 0 Å². The van der Waals surface area contributed by atoms with Crippen molar-refractivity contribution in [3.8, 4) is 109 Å². The number of hydrogen-bond donors (Lipinski definition) is 1. The maximum Gasteiger partial charge on any atom is 0.369 e. The molecule has 35 nitrogen and oxygen atoms in total. The fourth-order valence-electron chi connectivity index (χ4n) is 14.5. The first-order valence-electron chi connectivity index (χ1n) is 43.0. The van der Waals surface area contributed by atoms with E-state index in [-0.39, 0.29) is 125 Å². The third-order valence-corrected chi connectivity index (χ3v) is 19.5. The summed E-state index contributed by atoms with van der Waals surface area (Å²) < 4.78 is 114. The van der Waals surface area contributed by atoms with E-state index < -0.39 is 87.2 Å². The fourth-order valence-corrected chi connectivity index (χ4v) is 14.5. The molecule has 10 aromatic carbocycles. The number of methoxy groups -OCH3 is 4. The van der Waals surface area contributed by atoms with Gasteiger partial charge in [-0.2, -0.15) is 0 Å². The SMILES string of the molecule is C=C(C)Oc1c(CC)ccc2c(CC)c(OC(C)=O)c(OC(C)=O)c(OC(C)=O)c2c1=O.C=C(C)Oc1cccc2cc(OC(C)=O)c(OC(C)=O)c(OC(C)=O)c2c1=O.C=C(C)Oc1cccc2cc3c(c(OC(C)=O)c2c1=O)OC(C)(OCC)O3.CCCOC(=O)c1cc(O)c(=O)c2c3c(ccc2c1)OC(C)(OCC)O3.CCc1ccc2c(CC)c(OC)c(OC)c(OC)c2c(=O)c1OC. The average molecular weight is 1890 g/mol. The quantitative estimate of drug-likeness (QED) is 0.0270. The second-order valence-electron chi connectivity index (χ2n) is 30.2. The number of aromatic hydroxyl groups is 1. The molecule has 2 heterocycles. The molecule has 12 rings (SSSR count). The highest BCUT2D eigenvalue weighted by Crippen LogP contribution is 2.53. The van der Waals surface area contributed by atoms with Gasteiger partial charge in [-0.05, 0) is 147 Å². The van der Waals surface area contributed by atoms with Crippen LogP contribution in [-0.4, -0.2) is 113 Å². The lowest BCUT2D eigenvalue weighted by molar-refractivity contribution is -0.267. The van der Waals surface area contributed by atoms with Crippen molar-refractivity contribution in [3.05, 3.63) is 213 Å². The van der Waals surface area contributed by atoms with E-state index in [2.05, 4.69) is 19.7 Å². The first-order valence-corrected chi connectivity index (χ1v) is 43.0. The minimum atomic E-state index is -1.38. The van der Waals surface area contributed by atoms with E-state index in [1.807, 2.05) is 39.8 Å². The summed E-state index contributed by atoms with van der Waals surface area (Å²) in [6.45, 7) is 41.0. The number of esters is 8. The molecule has 137 heavy (non-hydrogen) atoms. The first-order chi connectivity index (χ1) is 64.8. The summed E-state index contributed by atoms with van der Waals surface area (Å²) >= 11 is 0. The molecule has 2 aliphatic heterocycles. The Bertz CT molecular complexity index is 6830. The van der Waals surface area contributed by atoms with Gasteiger partial charge in [0.1, 0.15) is 0 Å². The van der Waals surface area contributed by atoms with Crippen LogP contribution in [0.25, 0.3) is 53.9 Å². The normalized spacial score (nSPS) is 13.3. The molecule has 2 unspecified atom stereocenters. The Morgan fingerprint density at radius 2 is 0.759 bits per heavy atom. The van der Waals surface area contributed by atoms with Crippen molar-refractivity contribution in [2.75, 3.05) is 48.3 Å². The Hall–Kier alpha value is -15.7. The highest BCUT2D eigenvalue weighted by atomic mass is 16.9.